The molecule has 5 rings (SSSR count). The predicted molar refractivity (Wildman–Crippen MR) is 156 cm³/mol. The predicted octanol–water partition coefficient (Wildman–Crippen LogP) is 5.85. The van der Waals surface area contributed by atoms with Crippen molar-refractivity contribution < 1.29 is 37.0 Å². The van der Waals surface area contributed by atoms with Crippen molar-refractivity contribution in [2.75, 3.05) is 18.2 Å². The van der Waals surface area contributed by atoms with Gasteiger partial charge in [0.1, 0.15) is 5.70 Å². The summed E-state index contributed by atoms with van der Waals surface area (Å²) in [5.74, 6) is -3.65. The first-order valence-electron chi connectivity index (χ1n) is 14.1. The quantitative estimate of drug-likeness (QED) is 0.300. The average Bonchev–Trinajstić information content (AvgIpc) is 3.45. The molecular weight excluding hydrogens is 575 g/mol. The van der Waals surface area contributed by atoms with E-state index in [4.69, 9.17) is 9.47 Å². The van der Waals surface area contributed by atoms with Crippen LogP contribution in [0.15, 0.2) is 101 Å². The van der Waals surface area contributed by atoms with Gasteiger partial charge in [-0.1, -0.05) is 60.7 Å². The standard InChI is InChI=1S/C33H30F3N3O5/c1-4-43-29(40)26-27(23-16-18-24(19-17-23)33(34,35)36)32(21(3)37-39(31(32)42)25-14-10-7-11-15-25)38(28(26)30(41)44-5-2)20-22-12-8-6-9-13-22/h6-19,27H,4-5,20H2,1-3H3. The SMILES string of the molecule is CCOC(=O)C1=C(C(=O)OCC)N(Cc2ccccc2)C2(C(=O)N(c3ccccc3)N=C2C)C1c1ccc(C(F)(F)F)cc1. The van der Waals surface area contributed by atoms with Gasteiger partial charge in [-0.3, -0.25) is 4.79 Å². The highest BCUT2D eigenvalue weighted by Gasteiger charge is 2.67. The first-order chi connectivity index (χ1) is 21.0. The number of hydrogen-bond donors (Lipinski definition) is 0. The van der Waals surface area contributed by atoms with Crippen molar-refractivity contribution in [3.05, 3.63) is 113 Å². The summed E-state index contributed by atoms with van der Waals surface area (Å²) in [4.78, 5) is 44.0. The minimum Gasteiger partial charge on any atom is -0.463 e. The van der Waals surface area contributed by atoms with Crippen molar-refractivity contribution in [3.63, 3.8) is 0 Å². The Labute approximate surface area is 252 Å². The van der Waals surface area contributed by atoms with Crippen LogP contribution in [0.3, 0.4) is 0 Å². The van der Waals surface area contributed by atoms with Gasteiger partial charge in [0.25, 0.3) is 5.91 Å². The van der Waals surface area contributed by atoms with E-state index in [9.17, 15) is 27.6 Å². The number of hydrazone groups is 1. The number of rotatable bonds is 8. The molecule has 0 fully saturated rings. The van der Waals surface area contributed by atoms with Crippen LogP contribution in [0.4, 0.5) is 18.9 Å². The zero-order valence-corrected chi connectivity index (χ0v) is 24.3. The third kappa shape index (κ3) is 5.12. The first kappa shape index (κ1) is 30.5. The number of anilines is 1. The third-order valence-electron chi connectivity index (χ3n) is 7.70. The zero-order chi connectivity index (χ0) is 31.6. The molecule has 0 aliphatic carbocycles. The zero-order valence-electron chi connectivity index (χ0n) is 24.3. The number of nitrogens with zero attached hydrogens (tertiary/aromatic N) is 3. The number of halogens is 3. The van der Waals surface area contributed by atoms with Crippen LogP contribution in [0.1, 0.15) is 43.4 Å². The molecule has 11 heteroatoms. The van der Waals surface area contributed by atoms with Crippen LogP contribution in [-0.2, 0) is 36.6 Å². The highest BCUT2D eigenvalue weighted by molar-refractivity contribution is 6.26. The van der Waals surface area contributed by atoms with Gasteiger partial charge in [0.2, 0.25) is 0 Å². The van der Waals surface area contributed by atoms with Crippen LogP contribution in [0.2, 0.25) is 0 Å². The maximum absolute atomic E-state index is 14.9. The summed E-state index contributed by atoms with van der Waals surface area (Å²) in [6.45, 7) is 4.68. The Morgan fingerprint density at radius 1 is 0.864 bits per heavy atom. The van der Waals surface area contributed by atoms with E-state index in [-0.39, 0.29) is 42.3 Å². The summed E-state index contributed by atoms with van der Waals surface area (Å²) in [7, 11) is 0. The molecule has 0 N–H and O–H groups in total. The van der Waals surface area contributed by atoms with Crippen LogP contribution in [0, 0.1) is 0 Å². The molecule has 1 spiro atoms. The lowest BCUT2D eigenvalue weighted by atomic mass is 9.73. The molecule has 0 saturated carbocycles. The minimum atomic E-state index is -4.62. The molecular formula is C33H30F3N3O5. The molecule has 3 aromatic carbocycles. The molecule has 0 aromatic heterocycles. The van der Waals surface area contributed by atoms with E-state index in [1.54, 1.807) is 75.4 Å². The number of hydrogen-bond acceptors (Lipinski definition) is 7. The second-order valence-corrected chi connectivity index (χ2v) is 10.2. The largest absolute Gasteiger partial charge is 0.463 e. The molecule has 8 nitrogen and oxygen atoms in total. The number of esters is 2. The van der Waals surface area contributed by atoms with Gasteiger partial charge < -0.3 is 14.4 Å². The Morgan fingerprint density at radius 2 is 1.43 bits per heavy atom. The fourth-order valence-corrected chi connectivity index (χ4v) is 5.88. The maximum Gasteiger partial charge on any atom is 0.416 e. The van der Waals surface area contributed by atoms with Crippen molar-refractivity contribution in [2.45, 2.75) is 44.9 Å². The summed E-state index contributed by atoms with van der Waals surface area (Å²) >= 11 is 0. The molecule has 0 bridgehead atoms. The van der Waals surface area contributed by atoms with Crippen LogP contribution in [0.5, 0.6) is 0 Å². The second-order valence-electron chi connectivity index (χ2n) is 10.2. The summed E-state index contributed by atoms with van der Waals surface area (Å²) in [6.07, 6.45) is -4.62. The van der Waals surface area contributed by atoms with Crippen molar-refractivity contribution in [3.8, 4) is 0 Å². The highest BCUT2D eigenvalue weighted by atomic mass is 19.4. The molecule has 2 unspecified atom stereocenters. The van der Waals surface area contributed by atoms with Crippen molar-refractivity contribution >= 4 is 29.2 Å². The van der Waals surface area contributed by atoms with E-state index in [1.807, 2.05) is 6.07 Å². The number of ether oxygens (including phenoxy) is 2. The van der Waals surface area contributed by atoms with Gasteiger partial charge in [-0.2, -0.15) is 23.3 Å². The summed E-state index contributed by atoms with van der Waals surface area (Å²) in [5.41, 5.74) is -1.60. The highest BCUT2D eigenvalue weighted by Crippen LogP contribution is 2.54. The van der Waals surface area contributed by atoms with E-state index in [2.05, 4.69) is 5.10 Å². The Bertz CT molecular complexity index is 1620. The number of benzene rings is 3. The summed E-state index contributed by atoms with van der Waals surface area (Å²) < 4.78 is 51.6. The van der Waals surface area contributed by atoms with E-state index < -0.39 is 41.0 Å². The van der Waals surface area contributed by atoms with Gasteiger partial charge in [0, 0.05) is 6.54 Å². The molecule has 0 radical (unpaired) electrons. The average molecular weight is 606 g/mol. The van der Waals surface area contributed by atoms with Crippen LogP contribution in [-0.4, -0.2) is 47.2 Å². The Hall–Kier alpha value is -4.93. The second kappa shape index (κ2) is 12.0. The summed E-state index contributed by atoms with van der Waals surface area (Å²) in [6, 6.07) is 21.8. The third-order valence-corrected chi connectivity index (χ3v) is 7.70. The molecule has 2 atom stereocenters. The lowest BCUT2D eigenvalue weighted by molar-refractivity contribution is -0.143. The van der Waals surface area contributed by atoms with Crippen molar-refractivity contribution in [1.82, 2.24) is 4.90 Å². The normalized spacial score (nSPS) is 19.9. The molecule has 0 saturated heterocycles. The van der Waals surface area contributed by atoms with E-state index in [1.165, 1.54) is 22.0 Å². The molecule has 228 valence electrons. The van der Waals surface area contributed by atoms with Crippen molar-refractivity contribution in [2.24, 2.45) is 5.10 Å². The monoisotopic (exact) mass is 605 g/mol. The van der Waals surface area contributed by atoms with Crippen LogP contribution < -0.4 is 5.01 Å². The summed E-state index contributed by atoms with van der Waals surface area (Å²) in [5, 5.41) is 5.82. The Kier molecular flexibility index (Phi) is 8.31. The van der Waals surface area contributed by atoms with Gasteiger partial charge in [-0.05, 0) is 56.2 Å². The van der Waals surface area contributed by atoms with Gasteiger partial charge in [-0.15, -0.1) is 0 Å². The maximum atomic E-state index is 14.9. The topological polar surface area (TPSA) is 88.5 Å². The lowest BCUT2D eigenvalue weighted by Gasteiger charge is -2.40. The van der Waals surface area contributed by atoms with Gasteiger partial charge in [0.05, 0.1) is 41.7 Å². The number of amides is 1. The van der Waals surface area contributed by atoms with E-state index in [0.717, 1.165) is 12.1 Å². The van der Waals surface area contributed by atoms with Gasteiger partial charge in [0.15, 0.2) is 5.54 Å². The number of alkyl halides is 3. The lowest BCUT2D eigenvalue weighted by Crippen LogP contribution is -2.59. The smallest absolute Gasteiger partial charge is 0.416 e. The number of carbonyl (C=O) groups is 3. The van der Waals surface area contributed by atoms with Crippen LogP contribution >= 0.6 is 0 Å². The fourth-order valence-electron chi connectivity index (χ4n) is 5.88. The van der Waals surface area contributed by atoms with E-state index in [0.29, 0.717) is 11.3 Å². The molecule has 1 amide bonds. The molecule has 2 aliphatic rings. The molecule has 2 aliphatic heterocycles. The molecule has 44 heavy (non-hydrogen) atoms. The number of carbonyl (C=O) groups excluding carboxylic acids is 3. The number of para-hydroxylation sites is 1. The van der Waals surface area contributed by atoms with Gasteiger partial charge in [-0.25, -0.2) is 9.59 Å². The van der Waals surface area contributed by atoms with Gasteiger partial charge >= 0.3 is 18.1 Å². The molecule has 2 heterocycles. The Balaban J connectivity index is 1.83. The Morgan fingerprint density at radius 3 is 2.00 bits per heavy atom. The van der Waals surface area contributed by atoms with Crippen LogP contribution in [0.25, 0.3) is 0 Å². The first-order valence-corrected chi connectivity index (χ1v) is 14.1. The van der Waals surface area contributed by atoms with Crippen molar-refractivity contribution in [1.29, 1.82) is 0 Å². The molecule has 3 aromatic rings. The van der Waals surface area contributed by atoms with E-state index >= 15 is 0 Å². The minimum absolute atomic E-state index is 0.0315. The fraction of sp³-hybridized carbons (Fsp3) is 0.273.